The second-order valence-electron chi connectivity index (χ2n) is 10.5. The Kier molecular flexibility index (Phi) is 6.39. The monoisotopic (exact) mass is 567 g/mol. The summed E-state index contributed by atoms with van der Waals surface area (Å²) >= 11 is 0. The molecule has 0 saturated carbocycles. The van der Waals surface area contributed by atoms with Crippen LogP contribution in [-0.4, -0.2) is 15.0 Å². The Morgan fingerprint density at radius 2 is 1.23 bits per heavy atom. The number of aromatic nitrogens is 3. The molecule has 0 N–H and O–H groups in total. The van der Waals surface area contributed by atoms with Crippen LogP contribution in [0.25, 0.3) is 67.0 Å². The third-order valence-corrected chi connectivity index (χ3v) is 7.65. The summed E-state index contributed by atoms with van der Waals surface area (Å²) in [4.78, 5) is 14.2. The van der Waals surface area contributed by atoms with Gasteiger partial charge in [0, 0.05) is 39.9 Å². The second-order valence-corrected chi connectivity index (χ2v) is 10.5. The van der Waals surface area contributed by atoms with Crippen molar-refractivity contribution in [3.8, 4) is 56.4 Å². The Labute approximate surface area is 254 Å². The normalized spacial score (nSPS) is 11.2. The second kappa shape index (κ2) is 11.0. The average Bonchev–Trinajstić information content (AvgIpc) is 3.47. The molecule has 208 valence electrons. The van der Waals surface area contributed by atoms with Crippen LogP contribution in [0.3, 0.4) is 0 Å². The number of ether oxygens (including phenoxy) is 1. The van der Waals surface area contributed by atoms with E-state index in [0.717, 1.165) is 55.7 Å². The molecule has 0 aliphatic carbocycles. The van der Waals surface area contributed by atoms with Crippen molar-refractivity contribution in [1.82, 2.24) is 15.0 Å². The number of fused-ring (bicyclic) bond motifs is 3. The molecule has 0 spiro atoms. The van der Waals surface area contributed by atoms with E-state index in [-0.39, 0.29) is 0 Å². The third-order valence-electron chi connectivity index (χ3n) is 7.65. The van der Waals surface area contributed by atoms with Crippen LogP contribution >= 0.6 is 0 Å². The number of benzene rings is 4. The van der Waals surface area contributed by atoms with Crippen LogP contribution < -0.4 is 4.74 Å². The Morgan fingerprint density at radius 1 is 0.455 bits per heavy atom. The minimum absolute atomic E-state index is 0.566. The molecule has 0 fully saturated rings. The maximum absolute atomic E-state index is 6.52. The van der Waals surface area contributed by atoms with E-state index >= 15 is 0 Å². The molecule has 0 radical (unpaired) electrons. The highest BCUT2D eigenvalue weighted by molar-refractivity contribution is 6.09. The van der Waals surface area contributed by atoms with Gasteiger partial charge in [0.2, 0.25) is 5.71 Å². The molecular formula is C39H25N3O2. The quantitative estimate of drug-likeness (QED) is 0.200. The van der Waals surface area contributed by atoms with Gasteiger partial charge in [-0.25, -0.2) is 4.98 Å². The fourth-order valence-electron chi connectivity index (χ4n) is 5.53. The van der Waals surface area contributed by atoms with E-state index in [1.54, 1.807) is 6.20 Å². The first-order valence-corrected chi connectivity index (χ1v) is 14.4. The molecule has 5 heteroatoms. The predicted octanol–water partition coefficient (Wildman–Crippen LogP) is 10.2. The molecule has 0 bridgehead atoms. The van der Waals surface area contributed by atoms with Crippen LogP contribution in [0.2, 0.25) is 0 Å². The predicted molar refractivity (Wildman–Crippen MR) is 175 cm³/mol. The van der Waals surface area contributed by atoms with E-state index in [1.807, 2.05) is 121 Å². The van der Waals surface area contributed by atoms with Gasteiger partial charge in [0.1, 0.15) is 17.1 Å². The first kappa shape index (κ1) is 25.6. The molecule has 0 amide bonds. The van der Waals surface area contributed by atoms with Crippen LogP contribution in [0.15, 0.2) is 156 Å². The van der Waals surface area contributed by atoms with Gasteiger partial charge in [-0.1, -0.05) is 78.9 Å². The third kappa shape index (κ3) is 4.86. The lowest BCUT2D eigenvalue weighted by molar-refractivity contribution is 0.483. The summed E-state index contributed by atoms with van der Waals surface area (Å²) < 4.78 is 13.0. The fourth-order valence-corrected chi connectivity index (χ4v) is 5.53. The molecule has 0 atom stereocenters. The molecule has 0 aliphatic rings. The highest BCUT2D eigenvalue weighted by Crippen LogP contribution is 2.40. The van der Waals surface area contributed by atoms with Crippen molar-refractivity contribution < 1.29 is 9.15 Å². The van der Waals surface area contributed by atoms with Crippen molar-refractivity contribution in [1.29, 1.82) is 0 Å². The lowest BCUT2D eigenvalue weighted by atomic mass is 10.0. The molecule has 0 unspecified atom stereocenters. The molecule has 5 nitrogen and oxygen atoms in total. The van der Waals surface area contributed by atoms with Gasteiger partial charge in [0.15, 0.2) is 0 Å². The summed E-state index contributed by atoms with van der Waals surface area (Å²) in [6.45, 7) is 0. The highest BCUT2D eigenvalue weighted by atomic mass is 16.5. The minimum Gasteiger partial charge on any atom is -0.457 e. The van der Waals surface area contributed by atoms with Gasteiger partial charge in [-0.2, -0.15) is 0 Å². The van der Waals surface area contributed by atoms with Crippen LogP contribution in [0.5, 0.6) is 11.5 Å². The van der Waals surface area contributed by atoms with Crippen molar-refractivity contribution in [3.63, 3.8) is 0 Å². The lowest BCUT2D eigenvalue weighted by Crippen LogP contribution is -1.90. The summed E-state index contributed by atoms with van der Waals surface area (Å²) in [5.74, 6) is 1.38. The average molecular weight is 568 g/mol. The van der Waals surface area contributed by atoms with Gasteiger partial charge in [-0.05, 0) is 71.8 Å². The summed E-state index contributed by atoms with van der Waals surface area (Å²) in [5, 5.41) is 1.82. The van der Waals surface area contributed by atoms with E-state index in [9.17, 15) is 0 Å². The Hall–Kier alpha value is -6.07. The van der Waals surface area contributed by atoms with Gasteiger partial charge in [0.25, 0.3) is 0 Å². The first-order chi connectivity index (χ1) is 21.8. The molecular weight excluding hydrogens is 542 g/mol. The van der Waals surface area contributed by atoms with Crippen molar-refractivity contribution >= 4 is 22.1 Å². The first-order valence-electron chi connectivity index (χ1n) is 14.4. The maximum Gasteiger partial charge on any atom is 0.227 e. The van der Waals surface area contributed by atoms with E-state index in [0.29, 0.717) is 22.8 Å². The molecule has 0 saturated heterocycles. The van der Waals surface area contributed by atoms with Crippen LogP contribution in [0, 0.1) is 0 Å². The number of rotatable bonds is 6. The zero-order valence-electron chi connectivity index (χ0n) is 23.6. The summed E-state index contributed by atoms with van der Waals surface area (Å²) in [7, 11) is 0. The number of hydrogen-bond acceptors (Lipinski definition) is 5. The zero-order valence-corrected chi connectivity index (χ0v) is 23.6. The van der Waals surface area contributed by atoms with E-state index < -0.39 is 0 Å². The lowest BCUT2D eigenvalue weighted by Gasteiger charge is -2.11. The molecule has 0 aliphatic heterocycles. The Bertz CT molecular complexity index is 2250. The van der Waals surface area contributed by atoms with Crippen molar-refractivity contribution in [3.05, 3.63) is 152 Å². The van der Waals surface area contributed by atoms with Crippen molar-refractivity contribution in [2.45, 2.75) is 0 Å². The standard InChI is InChI=1S/C39H25N3O2/c1-3-10-26(11-4-1)28-19-21-41-37(23-28)34-25-31(43-30-15-9-14-29(22-30)35-16-7-8-20-40-35)24-33-32-17-18-36(27-12-5-2-6-13-27)42-39(32)44-38(33)34/h1-25H. The topological polar surface area (TPSA) is 61.0 Å². The number of furan rings is 1. The van der Waals surface area contributed by atoms with Crippen molar-refractivity contribution in [2.24, 2.45) is 0 Å². The van der Waals surface area contributed by atoms with Gasteiger partial charge in [-0.3, -0.25) is 9.97 Å². The van der Waals surface area contributed by atoms with Crippen LogP contribution in [-0.2, 0) is 0 Å². The molecule has 4 heterocycles. The summed E-state index contributed by atoms with van der Waals surface area (Å²) in [6.07, 6.45) is 3.63. The largest absolute Gasteiger partial charge is 0.457 e. The Balaban J connectivity index is 1.29. The molecule has 8 aromatic rings. The minimum atomic E-state index is 0.566. The highest BCUT2D eigenvalue weighted by Gasteiger charge is 2.18. The number of hydrogen-bond donors (Lipinski definition) is 0. The number of pyridine rings is 3. The van der Waals surface area contributed by atoms with E-state index in [1.165, 1.54) is 0 Å². The smallest absolute Gasteiger partial charge is 0.227 e. The molecule has 44 heavy (non-hydrogen) atoms. The fraction of sp³-hybridized carbons (Fsp3) is 0. The van der Waals surface area contributed by atoms with Crippen molar-refractivity contribution in [2.75, 3.05) is 0 Å². The number of nitrogens with zero attached hydrogens (tertiary/aromatic N) is 3. The van der Waals surface area contributed by atoms with E-state index in [2.05, 4.69) is 29.2 Å². The van der Waals surface area contributed by atoms with Gasteiger partial charge >= 0.3 is 0 Å². The molecule has 4 aromatic carbocycles. The summed E-state index contributed by atoms with van der Waals surface area (Å²) in [5.41, 5.74) is 8.83. The zero-order chi connectivity index (χ0) is 29.3. The molecule has 8 rings (SSSR count). The van der Waals surface area contributed by atoms with Gasteiger partial charge < -0.3 is 9.15 Å². The summed E-state index contributed by atoms with van der Waals surface area (Å²) in [6, 6.07) is 46.5. The van der Waals surface area contributed by atoms with E-state index in [4.69, 9.17) is 19.1 Å². The maximum atomic E-state index is 6.52. The SMILES string of the molecule is c1ccc(-c2ccnc(-c3cc(Oc4cccc(-c5ccccn5)c4)cc4c3oc3nc(-c5ccccc5)ccc34)c2)cc1. The van der Waals surface area contributed by atoms with Gasteiger partial charge in [0.05, 0.1) is 17.1 Å². The molecule has 4 aromatic heterocycles. The Morgan fingerprint density at radius 3 is 2.05 bits per heavy atom. The van der Waals surface area contributed by atoms with Crippen LogP contribution in [0.1, 0.15) is 0 Å². The van der Waals surface area contributed by atoms with Gasteiger partial charge in [-0.15, -0.1) is 0 Å². The van der Waals surface area contributed by atoms with Crippen LogP contribution in [0.4, 0.5) is 0 Å².